The number of rotatable bonds is 19. The van der Waals surface area contributed by atoms with Gasteiger partial charge in [0.15, 0.2) is 0 Å². The Balaban J connectivity index is 0.964. The first-order valence-corrected chi connectivity index (χ1v) is 51.6. The Morgan fingerprint density at radius 2 is 0.458 bits per heavy atom. The summed E-state index contributed by atoms with van der Waals surface area (Å²) in [6.07, 6.45) is 3.12. The van der Waals surface area contributed by atoms with Crippen LogP contribution in [0.5, 0.6) is 0 Å². The highest BCUT2D eigenvalue weighted by Gasteiger charge is 2.47. The minimum Gasteiger partial charge on any atom is -0.310 e. The van der Waals surface area contributed by atoms with Crippen LogP contribution in [0.1, 0.15) is 187 Å². The second kappa shape index (κ2) is 36.2. The number of hydrogen-bond donors (Lipinski definition) is 0. The molecule has 0 bridgehead atoms. The smallest absolute Gasteiger partial charge is 0.252 e. The lowest BCUT2D eigenvalue weighted by molar-refractivity contribution is 0.410. The van der Waals surface area contributed by atoms with Crippen LogP contribution in [0.25, 0.3) is 144 Å². The van der Waals surface area contributed by atoms with Crippen molar-refractivity contribution in [1.29, 1.82) is 0 Å². The van der Waals surface area contributed by atoms with E-state index in [-0.39, 0.29) is 32.5 Å². The summed E-state index contributed by atoms with van der Waals surface area (Å²) in [5.41, 5.74) is 40.7. The zero-order valence-corrected chi connectivity index (χ0v) is 87.2. The summed E-state index contributed by atoms with van der Waals surface area (Å²) < 4.78 is 28.1. The Kier molecular flexibility index (Phi) is 23.4. The molecule has 142 heavy (non-hydrogen) atoms. The molecule has 0 unspecified atom stereocenters. The highest BCUT2D eigenvalue weighted by atomic mass is 15.2. The molecule has 17 aromatic carbocycles. The van der Waals surface area contributed by atoms with Crippen molar-refractivity contribution in [3.63, 3.8) is 0 Å². The zero-order valence-electron chi connectivity index (χ0n) is 89.2. The highest BCUT2D eigenvalue weighted by Crippen LogP contribution is 2.57. The maximum absolute atomic E-state index is 11.5. The van der Waals surface area contributed by atoms with Crippen LogP contribution < -0.4 is 26.2 Å². The van der Waals surface area contributed by atoms with Crippen molar-refractivity contribution in [2.45, 2.75) is 190 Å². The van der Waals surface area contributed by atoms with Gasteiger partial charge in [-0.15, -0.1) is 0 Å². The number of benzene rings is 17. The SMILES string of the molecule is [2H]C([2H])(c1cc2c3c(c1)N(c1c(-c4cccc(CC(C)(C)C)c4)cc(CC(C)(C)C)cc1-c1cccc(CC(C)(C)C)c1)c1cc(-n4c5ccc(-c6ccccc6)cc5c5cc(-c6ccccc6)ccc54)ccc1B3c1ccc(-n3c4ccc(-c5ccccc5)cc4c4cc(-c5ccccc5)ccc43)cc1N2c1c(-c2cccc(CC(C)(C)C)c2)cc(CC(C)(C)C)cc1-c1cccc(CC(C)(C)C)c1)C(C)(C)C. The summed E-state index contributed by atoms with van der Waals surface area (Å²) in [5, 5.41) is 4.64. The molecule has 0 saturated carbocycles. The quantitative estimate of drug-likeness (QED) is 0.0750. The van der Waals surface area contributed by atoms with E-state index < -0.39 is 18.5 Å². The van der Waals surface area contributed by atoms with Gasteiger partial charge in [0.2, 0.25) is 0 Å². The van der Waals surface area contributed by atoms with Crippen LogP contribution >= 0.6 is 0 Å². The van der Waals surface area contributed by atoms with Crippen molar-refractivity contribution in [3.8, 4) is 100 Å². The van der Waals surface area contributed by atoms with Gasteiger partial charge in [0.25, 0.3) is 6.71 Å². The number of anilines is 6. The fourth-order valence-corrected chi connectivity index (χ4v) is 23.1. The van der Waals surface area contributed by atoms with Gasteiger partial charge in [-0.1, -0.05) is 400 Å². The minimum atomic E-state index is -1.98. The van der Waals surface area contributed by atoms with E-state index in [0.29, 0.717) is 5.56 Å². The summed E-state index contributed by atoms with van der Waals surface area (Å²) in [7, 11) is 0. The molecule has 0 amide bonds. The topological polar surface area (TPSA) is 16.3 Å². The number of aromatic nitrogens is 2. The Bertz CT molecular complexity index is 7360. The molecule has 0 aliphatic carbocycles. The minimum absolute atomic E-state index is 0.0291. The molecule has 2 aliphatic rings. The third kappa shape index (κ3) is 19.3. The monoisotopic (exact) mass is 1850 g/mol. The van der Waals surface area contributed by atoms with Crippen molar-refractivity contribution in [1.82, 2.24) is 9.13 Å². The van der Waals surface area contributed by atoms with E-state index in [0.717, 1.165) is 233 Å². The molecule has 0 fully saturated rings. The van der Waals surface area contributed by atoms with Gasteiger partial charge >= 0.3 is 0 Å². The average molecular weight is 1850 g/mol. The van der Waals surface area contributed by atoms with Crippen molar-refractivity contribution >= 4 is 101 Å². The first-order valence-electron chi connectivity index (χ1n) is 52.6. The molecular formula is C137H137BN4. The molecule has 0 N–H and O–H groups in total. The molecule has 0 saturated heterocycles. The van der Waals surface area contributed by atoms with E-state index in [1.807, 2.05) is 0 Å². The molecule has 19 aromatic rings. The predicted molar refractivity (Wildman–Crippen MR) is 615 cm³/mol. The second-order valence-corrected chi connectivity index (χ2v) is 49.3. The van der Waals surface area contributed by atoms with E-state index in [4.69, 9.17) is 0 Å². The molecule has 5 heteroatoms. The van der Waals surface area contributed by atoms with Crippen LogP contribution in [0.3, 0.4) is 0 Å². The van der Waals surface area contributed by atoms with Gasteiger partial charge in [-0.2, -0.15) is 0 Å². The van der Waals surface area contributed by atoms with E-state index in [2.05, 4.69) is 528 Å². The molecule has 4 heterocycles. The first kappa shape index (κ1) is 91.8. The van der Waals surface area contributed by atoms with Crippen molar-refractivity contribution in [3.05, 3.63) is 403 Å². The van der Waals surface area contributed by atoms with Gasteiger partial charge in [0, 0.05) is 80.7 Å². The molecule has 708 valence electrons. The fraction of sp³-hybridized carbons (Fsp3) is 0.255. The maximum Gasteiger partial charge on any atom is 0.252 e. The van der Waals surface area contributed by atoms with E-state index in [9.17, 15) is 2.74 Å². The van der Waals surface area contributed by atoms with Crippen LogP contribution in [0, 0.1) is 37.9 Å². The summed E-state index contributed by atoms with van der Waals surface area (Å²) >= 11 is 0. The van der Waals surface area contributed by atoms with Crippen LogP contribution in [0.2, 0.25) is 0 Å². The van der Waals surface area contributed by atoms with Crippen molar-refractivity contribution < 1.29 is 2.74 Å². The highest BCUT2D eigenvalue weighted by molar-refractivity contribution is 7.00. The molecular weight excluding hydrogens is 1710 g/mol. The van der Waals surface area contributed by atoms with Crippen LogP contribution in [-0.4, -0.2) is 15.8 Å². The van der Waals surface area contributed by atoms with Crippen LogP contribution in [0.15, 0.2) is 364 Å². The van der Waals surface area contributed by atoms with Crippen LogP contribution in [0.4, 0.5) is 34.1 Å². The summed E-state index contributed by atoms with van der Waals surface area (Å²) in [4.78, 5) is 5.40. The first-order chi connectivity index (χ1) is 68.4. The number of fused-ring (bicyclic) bond motifs is 10. The molecule has 0 atom stereocenters. The number of hydrogen-bond acceptors (Lipinski definition) is 2. The van der Waals surface area contributed by atoms with Crippen molar-refractivity contribution in [2.24, 2.45) is 37.9 Å². The summed E-state index contributed by atoms with van der Waals surface area (Å²) in [5.74, 6) is 0. The normalized spacial score (nSPS) is 13.4. The third-order valence-corrected chi connectivity index (χ3v) is 28.2. The van der Waals surface area contributed by atoms with Gasteiger partial charge in [0.05, 0.1) is 33.4 Å². The molecule has 0 spiro atoms. The van der Waals surface area contributed by atoms with Gasteiger partial charge in [-0.05, 0) is 314 Å². The van der Waals surface area contributed by atoms with Crippen molar-refractivity contribution in [2.75, 3.05) is 9.80 Å². The Hall–Kier alpha value is -14.0. The lowest BCUT2D eigenvalue weighted by atomic mass is 9.33. The van der Waals surface area contributed by atoms with Crippen LogP contribution in [-0.2, 0) is 44.9 Å². The predicted octanol–water partition coefficient (Wildman–Crippen LogP) is 36.4. The second-order valence-electron chi connectivity index (χ2n) is 49.3. The van der Waals surface area contributed by atoms with Gasteiger partial charge < -0.3 is 18.9 Å². The summed E-state index contributed by atoms with van der Waals surface area (Å²) in [6.45, 7) is 48.5. The molecule has 2 aromatic heterocycles. The molecule has 2 aliphatic heterocycles. The molecule has 0 radical (unpaired) electrons. The zero-order chi connectivity index (χ0) is 101. The fourth-order valence-electron chi connectivity index (χ4n) is 23.1. The van der Waals surface area contributed by atoms with Gasteiger partial charge in [-0.3, -0.25) is 0 Å². The van der Waals surface area contributed by atoms with E-state index >= 15 is 0 Å². The standard InChI is InChI=1S/C137H137BN4/c1-131(2,3)82-89-38-34-50-104(66-89)110-70-93(86-135(13,14)15)71-111(105-51-35-39-90(67-105)83-132(4,5)6)129(110)141-124-80-108(139-120-62-54-100(96-42-26-22-27-43-96)76-114(120)115-77-101(55-63-121(115)139)97-44-28-23-29-45-97)58-60-118(124)138-119-61-59-109(140-122-64-56-102(98-46-30-24-31-47-98)78-116(122)117-79-103(57-65-123(117)140)99-48-32-25-33-49-99)81-125(119)142(127-75-95(88-137(19,20)21)74-126(141)128(127)138)130-112(106-52-36-40-91(68-106)84-133(7,8)9)72-94(87-136(16,17)18)73-113(130)107-53-37-41-92(69-107)85-134(10,11)12/h22-81H,82-88H2,1-21H3/i88D2. The van der Waals surface area contributed by atoms with Gasteiger partial charge in [-0.25, -0.2) is 0 Å². The number of nitrogens with zero attached hydrogens (tertiary/aromatic N) is 4. The average Bonchev–Trinajstić information content (AvgIpc) is 0.718. The lowest BCUT2D eigenvalue weighted by Crippen LogP contribution is -2.61. The third-order valence-electron chi connectivity index (χ3n) is 28.2. The Morgan fingerprint density at radius 1 is 0.204 bits per heavy atom. The Morgan fingerprint density at radius 3 is 0.711 bits per heavy atom. The lowest BCUT2D eigenvalue weighted by Gasteiger charge is -2.46. The molecule has 21 rings (SSSR count). The molecule has 4 nitrogen and oxygen atoms in total. The summed E-state index contributed by atoms with van der Waals surface area (Å²) in [6, 6.07) is 140. The van der Waals surface area contributed by atoms with Gasteiger partial charge in [0.1, 0.15) is 0 Å². The Labute approximate surface area is 848 Å². The maximum atomic E-state index is 11.5. The van der Waals surface area contributed by atoms with E-state index in [1.54, 1.807) is 0 Å². The van der Waals surface area contributed by atoms with E-state index in [1.165, 1.54) is 33.4 Å². The largest absolute Gasteiger partial charge is 0.310 e.